The molecule has 108 valence electrons. The third-order valence-electron chi connectivity index (χ3n) is 3.79. The third-order valence-corrected chi connectivity index (χ3v) is 4.02. The molecular weight excluding hydrogens is 262 g/mol. The number of aliphatic hydroxyl groups excluding tert-OH is 1. The van der Waals surface area contributed by atoms with E-state index in [1.165, 1.54) is 0 Å². The fraction of sp³-hybridized carbons (Fsp3) is 0.600. The van der Waals surface area contributed by atoms with Crippen molar-refractivity contribution in [2.75, 3.05) is 13.7 Å². The predicted octanol–water partition coefficient (Wildman–Crippen LogP) is 3.19. The lowest BCUT2D eigenvalue weighted by Gasteiger charge is -2.29. The maximum absolute atomic E-state index is 10.6. The van der Waals surface area contributed by atoms with E-state index in [4.69, 9.17) is 22.1 Å². The van der Waals surface area contributed by atoms with Crippen LogP contribution in [0, 0.1) is 5.92 Å². The van der Waals surface area contributed by atoms with Crippen molar-refractivity contribution in [3.8, 4) is 5.75 Å². The summed E-state index contributed by atoms with van der Waals surface area (Å²) in [5, 5.41) is 11.2. The van der Waals surface area contributed by atoms with Crippen molar-refractivity contribution < 1.29 is 9.84 Å². The van der Waals surface area contributed by atoms with Crippen LogP contribution in [-0.4, -0.2) is 24.9 Å². The number of halogens is 1. The first-order valence-electron chi connectivity index (χ1n) is 6.80. The molecule has 0 aliphatic heterocycles. The summed E-state index contributed by atoms with van der Waals surface area (Å²) in [5.41, 5.74) is 6.75. The maximum atomic E-state index is 10.6. The number of benzene rings is 1. The van der Waals surface area contributed by atoms with Gasteiger partial charge in [0.1, 0.15) is 5.75 Å². The van der Waals surface area contributed by atoms with Crippen molar-refractivity contribution >= 4 is 11.6 Å². The summed E-state index contributed by atoms with van der Waals surface area (Å²) in [4.78, 5) is 0. The highest BCUT2D eigenvalue weighted by atomic mass is 35.5. The molecule has 0 spiro atoms. The number of aliphatic hydroxyl groups is 1. The largest absolute Gasteiger partial charge is 0.496 e. The van der Waals surface area contributed by atoms with Gasteiger partial charge in [-0.3, -0.25) is 0 Å². The van der Waals surface area contributed by atoms with Crippen molar-refractivity contribution in [2.24, 2.45) is 11.7 Å². The van der Waals surface area contributed by atoms with Crippen LogP contribution in [0.5, 0.6) is 5.75 Å². The Kier molecular flexibility index (Phi) is 6.63. The van der Waals surface area contributed by atoms with Gasteiger partial charge in [0.2, 0.25) is 0 Å². The molecule has 2 atom stereocenters. The Labute approximate surface area is 120 Å². The van der Waals surface area contributed by atoms with Gasteiger partial charge in [0.25, 0.3) is 0 Å². The summed E-state index contributed by atoms with van der Waals surface area (Å²) in [6, 6.07) is 5.43. The van der Waals surface area contributed by atoms with Crippen LogP contribution in [0.3, 0.4) is 0 Å². The number of hydrogen-bond acceptors (Lipinski definition) is 3. The standard InChI is InChI=1S/C15H24ClNO2/c1-4-10(5-2)15(18)13(9-17)12-8-11(16)6-7-14(12)19-3/h6-8,10,13,15,18H,4-5,9,17H2,1-3H3. The minimum Gasteiger partial charge on any atom is -0.496 e. The first kappa shape index (κ1) is 16.3. The summed E-state index contributed by atoms with van der Waals surface area (Å²) >= 11 is 6.05. The number of ether oxygens (including phenoxy) is 1. The number of methoxy groups -OCH3 is 1. The second-order valence-corrected chi connectivity index (χ2v) is 5.23. The van der Waals surface area contributed by atoms with Crippen LogP contribution in [0.4, 0.5) is 0 Å². The van der Waals surface area contributed by atoms with Crippen molar-refractivity contribution in [1.29, 1.82) is 0 Å². The zero-order valence-corrected chi connectivity index (χ0v) is 12.7. The number of rotatable bonds is 7. The molecule has 0 heterocycles. The molecule has 1 aromatic carbocycles. The van der Waals surface area contributed by atoms with Gasteiger partial charge in [0, 0.05) is 23.0 Å². The second-order valence-electron chi connectivity index (χ2n) is 4.80. The topological polar surface area (TPSA) is 55.5 Å². The van der Waals surface area contributed by atoms with E-state index in [1.54, 1.807) is 13.2 Å². The van der Waals surface area contributed by atoms with Gasteiger partial charge in [-0.15, -0.1) is 0 Å². The quantitative estimate of drug-likeness (QED) is 0.809. The van der Waals surface area contributed by atoms with Gasteiger partial charge in [0.15, 0.2) is 0 Å². The molecule has 0 saturated carbocycles. The summed E-state index contributed by atoms with van der Waals surface area (Å²) in [7, 11) is 1.61. The minimum atomic E-state index is -0.479. The van der Waals surface area contributed by atoms with Crippen LogP contribution in [0.15, 0.2) is 18.2 Å². The van der Waals surface area contributed by atoms with Gasteiger partial charge in [-0.25, -0.2) is 0 Å². The molecule has 2 unspecified atom stereocenters. The number of nitrogens with two attached hydrogens (primary N) is 1. The lowest BCUT2D eigenvalue weighted by molar-refractivity contribution is 0.0771. The van der Waals surface area contributed by atoms with E-state index in [1.807, 2.05) is 12.1 Å². The zero-order chi connectivity index (χ0) is 14.4. The summed E-state index contributed by atoms with van der Waals surface area (Å²) in [6.45, 7) is 4.54. The molecule has 0 aromatic heterocycles. The van der Waals surface area contributed by atoms with E-state index < -0.39 is 6.10 Å². The highest BCUT2D eigenvalue weighted by Crippen LogP contribution is 2.34. The molecule has 0 radical (unpaired) electrons. The Hall–Kier alpha value is -0.770. The fourth-order valence-electron chi connectivity index (χ4n) is 2.55. The molecule has 0 bridgehead atoms. The number of hydrogen-bond donors (Lipinski definition) is 2. The van der Waals surface area contributed by atoms with Gasteiger partial charge in [-0.2, -0.15) is 0 Å². The molecule has 0 fully saturated rings. The molecular formula is C15H24ClNO2. The minimum absolute atomic E-state index is 0.154. The van der Waals surface area contributed by atoms with Crippen molar-refractivity contribution in [2.45, 2.75) is 38.7 Å². The van der Waals surface area contributed by atoms with E-state index in [0.29, 0.717) is 11.6 Å². The van der Waals surface area contributed by atoms with Crippen LogP contribution in [0.2, 0.25) is 5.02 Å². The average molecular weight is 286 g/mol. The highest BCUT2D eigenvalue weighted by molar-refractivity contribution is 6.30. The normalized spacial score (nSPS) is 14.5. The molecule has 1 rings (SSSR count). The third kappa shape index (κ3) is 3.85. The van der Waals surface area contributed by atoms with Gasteiger partial charge in [0.05, 0.1) is 13.2 Å². The molecule has 0 saturated heterocycles. The molecule has 19 heavy (non-hydrogen) atoms. The lowest BCUT2D eigenvalue weighted by Crippen LogP contribution is -2.32. The van der Waals surface area contributed by atoms with Gasteiger partial charge in [-0.05, 0) is 24.1 Å². The highest BCUT2D eigenvalue weighted by Gasteiger charge is 2.28. The Morgan fingerprint density at radius 3 is 2.42 bits per heavy atom. The monoisotopic (exact) mass is 285 g/mol. The van der Waals surface area contributed by atoms with Gasteiger partial charge < -0.3 is 15.6 Å². The predicted molar refractivity (Wildman–Crippen MR) is 79.9 cm³/mol. The summed E-state index contributed by atoms with van der Waals surface area (Å²) < 4.78 is 5.36. The van der Waals surface area contributed by atoms with Crippen LogP contribution in [0.1, 0.15) is 38.2 Å². The van der Waals surface area contributed by atoms with Crippen molar-refractivity contribution in [1.82, 2.24) is 0 Å². The second kappa shape index (κ2) is 7.73. The molecule has 3 N–H and O–H groups in total. The summed E-state index contributed by atoms with van der Waals surface area (Å²) in [6.07, 6.45) is 1.38. The molecule has 3 nitrogen and oxygen atoms in total. The fourth-order valence-corrected chi connectivity index (χ4v) is 2.73. The van der Waals surface area contributed by atoms with Crippen LogP contribution < -0.4 is 10.5 Å². The Bertz CT molecular complexity index is 394. The molecule has 1 aromatic rings. The van der Waals surface area contributed by atoms with Crippen LogP contribution in [-0.2, 0) is 0 Å². The van der Waals surface area contributed by atoms with Crippen molar-refractivity contribution in [3.63, 3.8) is 0 Å². The molecule has 0 aliphatic carbocycles. The Morgan fingerprint density at radius 2 is 1.95 bits per heavy atom. The van der Waals surface area contributed by atoms with E-state index >= 15 is 0 Å². The Balaban J connectivity index is 3.11. The maximum Gasteiger partial charge on any atom is 0.122 e. The smallest absolute Gasteiger partial charge is 0.122 e. The van der Waals surface area contributed by atoms with E-state index in [9.17, 15) is 5.11 Å². The van der Waals surface area contributed by atoms with Crippen molar-refractivity contribution in [3.05, 3.63) is 28.8 Å². The summed E-state index contributed by atoms with van der Waals surface area (Å²) in [5.74, 6) is 0.806. The Morgan fingerprint density at radius 1 is 1.32 bits per heavy atom. The van der Waals surface area contributed by atoms with Crippen LogP contribution in [0.25, 0.3) is 0 Å². The first-order valence-corrected chi connectivity index (χ1v) is 7.18. The molecule has 0 aliphatic rings. The van der Waals surface area contributed by atoms with Gasteiger partial charge >= 0.3 is 0 Å². The SMILES string of the molecule is CCC(CC)C(O)C(CN)c1cc(Cl)ccc1OC. The van der Waals surface area contributed by atoms with E-state index in [-0.39, 0.29) is 11.8 Å². The molecule has 0 amide bonds. The zero-order valence-electron chi connectivity index (χ0n) is 11.9. The first-order chi connectivity index (χ1) is 9.08. The van der Waals surface area contributed by atoms with E-state index in [2.05, 4.69) is 13.8 Å². The lowest BCUT2D eigenvalue weighted by atomic mass is 9.83. The molecule has 4 heteroatoms. The average Bonchev–Trinajstić information content (AvgIpc) is 2.41. The van der Waals surface area contributed by atoms with E-state index in [0.717, 1.165) is 24.2 Å². The van der Waals surface area contributed by atoms with Crippen LogP contribution >= 0.6 is 11.6 Å². The van der Waals surface area contributed by atoms with Gasteiger partial charge in [-0.1, -0.05) is 38.3 Å².